The van der Waals surface area contributed by atoms with Crippen molar-refractivity contribution in [2.75, 3.05) is 24.5 Å². The third-order valence-corrected chi connectivity index (χ3v) is 6.66. The molecule has 2 saturated heterocycles. The topological polar surface area (TPSA) is 69.7 Å². The van der Waals surface area contributed by atoms with Crippen molar-refractivity contribution in [2.24, 2.45) is 11.8 Å². The molecule has 2 fully saturated rings. The van der Waals surface area contributed by atoms with Crippen molar-refractivity contribution < 1.29 is 14.4 Å². The van der Waals surface area contributed by atoms with E-state index < -0.39 is 0 Å². The Morgan fingerprint density at radius 3 is 2.28 bits per heavy atom. The van der Waals surface area contributed by atoms with Crippen LogP contribution in [0.2, 0.25) is 0 Å². The number of anilines is 1. The lowest BCUT2D eigenvalue weighted by Crippen LogP contribution is -2.45. The molecule has 2 atom stereocenters. The maximum absolute atomic E-state index is 13.1. The minimum absolute atomic E-state index is 0.00336. The second-order valence-corrected chi connectivity index (χ2v) is 8.98. The molecule has 6 nitrogen and oxygen atoms in total. The summed E-state index contributed by atoms with van der Waals surface area (Å²) in [5.41, 5.74) is 3.06. The van der Waals surface area contributed by atoms with Crippen LogP contribution in [0.25, 0.3) is 0 Å². The number of benzene rings is 2. The van der Waals surface area contributed by atoms with Gasteiger partial charge < -0.3 is 15.1 Å². The van der Waals surface area contributed by atoms with E-state index in [2.05, 4.69) is 5.32 Å². The van der Waals surface area contributed by atoms with E-state index in [1.165, 1.54) is 0 Å². The highest BCUT2D eigenvalue weighted by Crippen LogP contribution is 2.28. The first-order valence-electron chi connectivity index (χ1n) is 11.4. The molecule has 0 aromatic heterocycles. The highest BCUT2D eigenvalue weighted by Gasteiger charge is 2.38. The molecule has 2 aromatic rings. The number of rotatable bonds is 5. The quantitative estimate of drug-likeness (QED) is 0.785. The van der Waals surface area contributed by atoms with Gasteiger partial charge in [0, 0.05) is 37.7 Å². The second-order valence-electron chi connectivity index (χ2n) is 8.98. The van der Waals surface area contributed by atoms with Crippen LogP contribution < -0.4 is 10.2 Å². The molecule has 2 aliphatic heterocycles. The first-order chi connectivity index (χ1) is 15.4. The lowest BCUT2D eigenvalue weighted by molar-refractivity contribution is -0.139. The number of hydrogen-bond donors (Lipinski definition) is 1. The summed E-state index contributed by atoms with van der Waals surface area (Å²) >= 11 is 0. The van der Waals surface area contributed by atoms with E-state index in [0.29, 0.717) is 32.5 Å². The Morgan fingerprint density at radius 2 is 1.62 bits per heavy atom. The average molecular weight is 434 g/mol. The van der Waals surface area contributed by atoms with Crippen LogP contribution in [-0.4, -0.2) is 42.3 Å². The van der Waals surface area contributed by atoms with E-state index in [1.807, 2.05) is 73.3 Å². The van der Waals surface area contributed by atoms with Gasteiger partial charge in [-0.3, -0.25) is 14.4 Å². The number of amides is 3. The van der Waals surface area contributed by atoms with Crippen molar-refractivity contribution in [1.29, 1.82) is 0 Å². The van der Waals surface area contributed by atoms with Crippen LogP contribution in [0.3, 0.4) is 0 Å². The van der Waals surface area contributed by atoms with Crippen LogP contribution >= 0.6 is 0 Å². The molecule has 0 spiro atoms. The standard InChI is InChI=1S/C26H31N3O3/c1-18-8-10-23(11-9-18)29-17-22(16-24(29)30)26(32)28-14-12-21(13-15-28)25(31)27-19(2)20-6-4-3-5-7-20/h3-11,19,21-22H,12-17H2,1-2H3,(H,27,31). The zero-order chi connectivity index (χ0) is 22.7. The third kappa shape index (κ3) is 4.85. The van der Waals surface area contributed by atoms with Gasteiger partial charge in [0.15, 0.2) is 0 Å². The Balaban J connectivity index is 1.28. The molecule has 0 saturated carbocycles. The highest BCUT2D eigenvalue weighted by molar-refractivity contribution is 6.00. The number of piperidine rings is 1. The maximum Gasteiger partial charge on any atom is 0.228 e. The van der Waals surface area contributed by atoms with E-state index in [-0.39, 0.29) is 42.0 Å². The van der Waals surface area contributed by atoms with Crippen LogP contribution in [0.15, 0.2) is 54.6 Å². The Hall–Kier alpha value is -3.15. The van der Waals surface area contributed by atoms with Gasteiger partial charge in [0.1, 0.15) is 0 Å². The fraction of sp³-hybridized carbons (Fsp3) is 0.423. The van der Waals surface area contributed by atoms with Crippen molar-refractivity contribution in [1.82, 2.24) is 10.2 Å². The molecule has 2 aromatic carbocycles. The summed E-state index contributed by atoms with van der Waals surface area (Å²) in [7, 11) is 0. The minimum Gasteiger partial charge on any atom is -0.349 e. The third-order valence-electron chi connectivity index (χ3n) is 6.66. The summed E-state index contributed by atoms with van der Waals surface area (Å²) in [5, 5.41) is 3.11. The van der Waals surface area contributed by atoms with Gasteiger partial charge in [-0.15, -0.1) is 0 Å². The van der Waals surface area contributed by atoms with Gasteiger partial charge in [0.05, 0.1) is 12.0 Å². The number of carbonyl (C=O) groups excluding carboxylic acids is 3. The fourth-order valence-corrected chi connectivity index (χ4v) is 4.62. The summed E-state index contributed by atoms with van der Waals surface area (Å²) in [5.74, 6) is -0.317. The normalized spacial score (nSPS) is 20.3. The fourth-order valence-electron chi connectivity index (χ4n) is 4.62. The second kappa shape index (κ2) is 9.55. The maximum atomic E-state index is 13.1. The Bertz CT molecular complexity index is 966. The SMILES string of the molecule is Cc1ccc(N2CC(C(=O)N3CCC(C(=O)NC(C)c4ccccc4)CC3)CC2=O)cc1. The number of nitrogens with one attached hydrogen (secondary N) is 1. The summed E-state index contributed by atoms with van der Waals surface area (Å²) < 4.78 is 0. The van der Waals surface area contributed by atoms with Crippen molar-refractivity contribution in [3.05, 3.63) is 65.7 Å². The Morgan fingerprint density at radius 1 is 0.969 bits per heavy atom. The highest BCUT2D eigenvalue weighted by atomic mass is 16.2. The van der Waals surface area contributed by atoms with Crippen molar-refractivity contribution >= 4 is 23.4 Å². The number of aryl methyl sites for hydroxylation is 1. The molecule has 0 aliphatic carbocycles. The molecular weight excluding hydrogens is 402 g/mol. The van der Waals surface area contributed by atoms with E-state index in [4.69, 9.17) is 0 Å². The molecule has 168 valence electrons. The minimum atomic E-state index is -0.313. The predicted octanol–water partition coefficient (Wildman–Crippen LogP) is 3.46. The number of likely N-dealkylation sites (tertiary alicyclic amines) is 1. The zero-order valence-electron chi connectivity index (χ0n) is 18.8. The van der Waals surface area contributed by atoms with Crippen molar-refractivity contribution in [3.8, 4) is 0 Å². The summed E-state index contributed by atoms with van der Waals surface area (Å²) in [6.07, 6.45) is 1.56. The predicted molar refractivity (Wildman–Crippen MR) is 124 cm³/mol. The van der Waals surface area contributed by atoms with Crippen LogP contribution in [0.4, 0.5) is 5.69 Å². The largest absolute Gasteiger partial charge is 0.349 e. The molecule has 2 aliphatic rings. The number of hydrogen-bond acceptors (Lipinski definition) is 3. The summed E-state index contributed by atoms with van der Waals surface area (Å²) in [6, 6.07) is 17.7. The number of nitrogens with zero attached hydrogens (tertiary/aromatic N) is 2. The monoisotopic (exact) mass is 433 g/mol. The molecule has 0 bridgehead atoms. The smallest absolute Gasteiger partial charge is 0.228 e. The van der Waals surface area contributed by atoms with Crippen LogP contribution in [-0.2, 0) is 14.4 Å². The first kappa shape index (κ1) is 22.1. The molecule has 2 heterocycles. The van der Waals surface area contributed by atoms with Gasteiger partial charge in [-0.2, -0.15) is 0 Å². The van der Waals surface area contributed by atoms with Gasteiger partial charge in [0.25, 0.3) is 0 Å². The Labute approximate surface area is 189 Å². The molecule has 32 heavy (non-hydrogen) atoms. The van der Waals surface area contributed by atoms with Crippen LogP contribution in [0, 0.1) is 18.8 Å². The van der Waals surface area contributed by atoms with Gasteiger partial charge in [0.2, 0.25) is 17.7 Å². The van der Waals surface area contributed by atoms with Gasteiger partial charge in [-0.05, 0) is 44.4 Å². The summed E-state index contributed by atoms with van der Waals surface area (Å²) in [4.78, 5) is 41.8. The molecular formula is C26H31N3O3. The van der Waals surface area contributed by atoms with Crippen LogP contribution in [0.1, 0.15) is 43.4 Å². The van der Waals surface area contributed by atoms with Crippen molar-refractivity contribution in [2.45, 2.75) is 39.2 Å². The molecule has 0 radical (unpaired) electrons. The molecule has 6 heteroatoms. The lowest BCUT2D eigenvalue weighted by Gasteiger charge is -2.33. The van der Waals surface area contributed by atoms with Gasteiger partial charge in [-0.1, -0.05) is 48.0 Å². The van der Waals surface area contributed by atoms with Crippen LogP contribution in [0.5, 0.6) is 0 Å². The van der Waals surface area contributed by atoms with Gasteiger partial charge in [-0.25, -0.2) is 0 Å². The zero-order valence-corrected chi connectivity index (χ0v) is 18.8. The number of carbonyl (C=O) groups is 3. The molecule has 2 unspecified atom stereocenters. The molecule has 3 amide bonds. The Kier molecular flexibility index (Phi) is 6.58. The van der Waals surface area contributed by atoms with E-state index in [1.54, 1.807) is 4.90 Å². The van der Waals surface area contributed by atoms with E-state index >= 15 is 0 Å². The van der Waals surface area contributed by atoms with E-state index in [9.17, 15) is 14.4 Å². The average Bonchev–Trinajstić information content (AvgIpc) is 3.21. The van der Waals surface area contributed by atoms with Gasteiger partial charge >= 0.3 is 0 Å². The molecule has 4 rings (SSSR count). The van der Waals surface area contributed by atoms with E-state index in [0.717, 1.165) is 16.8 Å². The van der Waals surface area contributed by atoms with Crippen molar-refractivity contribution in [3.63, 3.8) is 0 Å². The molecule has 1 N–H and O–H groups in total. The lowest BCUT2D eigenvalue weighted by atomic mass is 9.94. The summed E-state index contributed by atoms with van der Waals surface area (Å²) in [6.45, 7) is 5.55. The first-order valence-corrected chi connectivity index (χ1v) is 11.4.